The van der Waals surface area contributed by atoms with Crippen molar-refractivity contribution >= 4 is 38.6 Å². The van der Waals surface area contributed by atoms with Crippen LogP contribution in [0.2, 0.25) is 5.02 Å². The third-order valence-corrected chi connectivity index (χ3v) is 6.44. The van der Waals surface area contributed by atoms with Crippen molar-refractivity contribution < 1.29 is 13.3 Å². The molecule has 0 aliphatic rings. The Hall–Kier alpha value is -2.33. The Balaban J connectivity index is 1.78. The van der Waals surface area contributed by atoms with E-state index >= 15 is 0 Å². The summed E-state index contributed by atoms with van der Waals surface area (Å²) in [6.45, 7) is 1.95. The smallest absolute Gasteiger partial charge is 0.258 e. The quantitative estimate of drug-likeness (QED) is 0.473. The molecule has 7 nitrogen and oxygen atoms in total. The molecule has 10 heteroatoms. The maximum Gasteiger partial charge on any atom is 0.289 e. The summed E-state index contributed by atoms with van der Waals surface area (Å²) in [5, 5.41) is 13.4. The highest BCUT2D eigenvalue weighted by molar-refractivity contribution is 7.89. The summed E-state index contributed by atoms with van der Waals surface area (Å²) >= 11 is 7.14. The lowest BCUT2D eigenvalue weighted by Crippen LogP contribution is -2.23. The zero-order valence-corrected chi connectivity index (χ0v) is 16.4. The van der Waals surface area contributed by atoms with E-state index in [0.29, 0.717) is 5.69 Å². The van der Waals surface area contributed by atoms with E-state index in [1.165, 1.54) is 23.5 Å². The van der Waals surface area contributed by atoms with Crippen LogP contribution in [0, 0.1) is 17.0 Å². The number of nitro benzene ring substituents is 1. The Morgan fingerprint density at radius 2 is 2.00 bits per heavy atom. The van der Waals surface area contributed by atoms with Gasteiger partial charge in [-0.3, -0.25) is 10.1 Å². The van der Waals surface area contributed by atoms with Crippen molar-refractivity contribution in [3.05, 3.63) is 74.2 Å². The van der Waals surface area contributed by atoms with E-state index in [9.17, 15) is 18.5 Å². The molecule has 140 valence electrons. The zero-order chi connectivity index (χ0) is 19.6. The van der Waals surface area contributed by atoms with Crippen LogP contribution in [0.4, 0.5) is 5.69 Å². The number of hydrogen-bond donors (Lipinski definition) is 1. The molecule has 0 aliphatic heterocycles. The van der Waals surface area contributed by atoms with Gasteiger partial charge < -0.3 is 0 Å². The van der Waals surface area contributed by atoms with Crippen molar-refractivity contribution in [2.75, 3.05) is 0 Å². The second-order valence-corrected chi connectivity index (χ2v) is 8.69. The van der Waals surface area contributed by atoms with E-state index in [2.05, 4.69) is 9.71 Å². The molecule has 3 rings (SSSR count). The number of sulfonamides is 1. The molecule has 0 unspecified atom stereocenters. The number of nitrogens with one attached hydrogen (secondary N) is 1. The highest BCUT2D eigenvalue weighted by Crippen LogP contribution is 2.28. The first-order chi connectivity index (χ1) is 12.8. The standard InChI is InChI=1S/C17H14ClN3O4S2/c1-11-4-2-3-5-14(11)17-20-12(10-26-17)9-19-27(24,25)13-6-7-15(18)16(8-13)21(22)23/h2-8,10,19H,9H2,1H3. The highest BCUT2D eigenvalue weighted by Gasteiger charge is 2.21. The number of hydrogen-bond acceptors (Lipinski definition) is 6. The minimum atomic E-state index is -3.94. The van der Waals surface area contributed by atoms with E-state index in [0.717, 1.165) is 22.2 Å². The van der Waals surface area contributed by atoms with Crippen molar-refractivity contribution in [1.29, 1.82) is 0 Å². The van der Waals surface area contributed by atoms with Gasteiger partial charge in [0.05, 0.1) is 22.1 Å². The number of nitrogens with zero attached hydrogens (tertiary/aromatic N) is 2. The first-order valence-corrected chi connectivity index (χ1v) is 10.5. The zero-order valence-electron chi connectivity index (χ0n) is 14.0. The maximum atomic E-state index is 12.4. The largest absolute Gasteiger partial charge is 0.289 e. The van der Waals surface area contributed by atoms with Gasteiger partial charge in [-0.05, 0) is 24.6 Å². The van der Waals surface area contributed by atoms with Gasteiger partial charge in [0.15, 0.2) is 0 Å². The number of halogens is 1. The number of thiazole rings is 1. The number of aryl methyl sites for hydroxylation is 1. The molecule has 1 heterocycles. The van der Waals surface area contributed by atoms with Gasteiger partial charge in [0, 0.05) is 17.0 Å². The van der Waals surface area contributed by atoms with Crippen LogP contribution in [0.15, 0.2) is 52.7 Å². The lowest BCUT2D eigenvalue weighted by atomic mass is 10.1. The van der Waals surface area contributed by atoms with Gasteiger partial charge in [-0.15, -0.1) is 11.3 Å². The predicted octanol–water partition coefficient (Wildman–Crippen LogP) is 4.16. The van der Waals surface area contributed by atoms with Crippen molar-refractivity contribution in [3.8, 4) is 10.6 Å². The molecule has 0 saturated heterocycles. The number of aromatic nitrogens is 1. The lowest BCUT2D eigenvalue weighted by molar-refractivity contribution is -0.384. The fourth-order valence-corrected chi connectivity index (χ4v) is 4.49. The van der Waals surface area contributed by atoms with Crippen LogP contribution < -0.4 is 4.72 Å². The molecule has 27 heavy (non-hydrogen) atoms. The Morgan fingerprint density at radius 3 is 2.70 bits per heavy atom. The fourth-order valence-electron chi connectivity index (χ4n) is 2.38. The SMILES string of the molecule is Cc1ccccc1-c1nc(CNS(=O)(=O)c2ccc(Cl)c([N+](=O)[O-])c2)cs1. The number of benzene rings is 2. The summed E-state index contributed by atoms with van der Waals surface area (Å²) in [5.74, 6) is 0. The average molecular weight is 424 g/mol. The molecule has 0 atom stereocenters. The summed E-state index contributed by atoms with van der Waals surface area (Å²) in [5.41, 5.74) is 2.16. The molecule has 0 amide bonds. The van der Waals surface area contributed by atoms with Gasteiger partial charge in [-0.1, -0.05) is 35.9 Å². The Bertz CT molecular complexity index is 1110. The number of rotatable bonds is 6. The third kappa shape index (κ3) is 4.33. The summed E-state index contributed by atoms with van der Waals surface area (Å²) in [6.07, 6.45) is 0. The first kappa shape index (κ1) is 19.4. The van der Waals surface area contributed by atoms with Crippen molar-refractivity contribution in [2.24, 2.45) is 0 Å². The van der Waals surface area contributed by atoms with Crippen LogP contribution in [0.5, 0.6) is 0 Å². The van der Waals surface area contributed by atoms with E-state index in [-0.39, 0.29) is 16.5 Å². The van der Waals surface area contributed by atoms with Crippen molar-refractivity contribution in [3.63, 3.8) is 0 Å². The van der Waals surface area contributed by atoms with Crippen LogP contribution in [-0.2, 0) is 16.6 Å². The second-order valence-electron chi connectivity index (χ2n) is 5.65. The summed E-state index contributed by atoms with van der Waals surface area (Å²) in [6, 6.07) is 11.1. The van der Waals surface area contributed by atoms with Gasteiger partial charge >= 0.3 is 0 Å². The molecule has 3 aromatic rings. The topological polar surface area (TPSA) is 102 Å². The van der Waals surface area contributed by atoms with Gasteiger partial charge in [-0.2, -0.15) is 0 Å². The van der Waals surface area contributed by atoms with Crippen LogP contribution in [0.25, 0.3) is 10.6 Å². The summed E-state index contributed by atoms with van der Waals surface area (Å²) < 4.78 is 27.3. The summed E-state index contributed by atoms with van der Waals surface area (Å²) in [7, 11) is -3.94. The molecule has 0 fully saturated rings. The van der Waals surface area contributed by atoms with Gasteiger partial charge in [0.1, 0.15) is 10.0 Å². The van der Waals surface area contributed by atoms with E-state index in [1.54, 1.807) is 5.38 Å². The Morgan fingerprint density at radius 1 is 1.26 bits per heavy atom. The normalized spacial score (nSPS) is 11.5. The van der Waals surface area contributed by atoms with Gasteiger partial charge in [0.2, 0.25) is 10.0 Å². The fraction of sp³-hybridized carbons (Fsp3) is 0.118. The molecule has 0 saturated carbocycles. The predicted molar refractivity (Wildman–Crippen MR) is 104 cm³/mol. The van der Waals surface area contributed by atoms with Crippen molar-refractivity contribution in [2.45, 2.75) is 18.4 Å². The van der Waals surface area contributed by atoms with Crippen molar-refractivity contribution in [1.82, 2.24) is 9.71 Å². The van der Waals surface area contributed by atoms with E-state index in [1.807, 2.05) is 31.2 Å². The Kier molecular flexibility index (Phi) is 5.56. The minimum Gasteiger partial charge on any atom is -0.258 e. The third-order valence-electron chi connectivity index (χ3n) is 3.80. The molecule has 0 spiro atoms. The monoisotopic (exact) mass is 423 g/mol. The van der Waals surface area contributed by atoms with Gasteiger partial charge in [0.25, 0.3) is 5.69 Å². The van der Waals surface area contributed by atoms with Crippen LogP contribution in [-0.4, -0.2) is 18.3 Å². The van der Waals surface area contributed by atoms with Crippen LogP contribution in [0.1, 0.15) is 11.3 Å². The number of nitro groups is 1. The van der Waals surface area contributed by atoms with Crippen LogP contribution >= 0.6 is 22.9 Å². The molecule has 0 radical (unpaired) electrons. The minimum absolute atomic E-state index is 0.0266. The first-order valence-electron chi connectivity index (χ1n) is 7.72. The second kappa shape index (κ2) is 7.73. The van der Waals surface area contributed by atoms with Crippen LogP contribution in [0.3, 0.4) is 0 Å². The molecule has 2 aromatic carbocycles. The lowest BCUT2D eigenvalue weighted by Gasteiger charge is -2.06. The molecule has 0 bridgehead atoms. The summed E-state index contributed by atoms with van der Waals surface area (Å²) in [4.78, 5) is 14.4. The molecule has 0 aliphatic carbocycles. The maximum absolute atomic E-state index is 12.4. The molecular formula is C17H14ClN3O4S2. The Labute approximate surface area is 164 Å². The molecular weight excluding hydrogens is 410 g/mol. The molecule has 1 N–H and O–H groups in total. The molecule has 1 aromatic heterocycles. The van der Waals surface area contributed by atoms with Gasteiger partial charge in [-0.25, -0.2) is 18.1 Å². The van der Waals surface area contributed by atoms with E-state index < -0.39 is 20.6 Å². The average Bonchev–Trinajstić information content (AvgIpc) is 3.09. The van der Waals surface area contributed by atoms with E-state index in [4.69, 9.17) is 11.6 Å². The highest BCUT2D eigenvalue weighted by atomic mass is 35.5.